The molecule has 1 saturated carbocycles. The third-order valence-electron chi connectivity index (χ3n) is 7.36. The number of urea groups is 1. The maximum atomic E-state index is 14.9. The summed E-state index contributed by atoms with van der Waals surface area (Å²) in [4.78, 5) is 41.5. The number of nitrogens with zero attached hydrogens (tertiary/aromatic N) is 2. The van der Waals surface area contributed by atoms with Gasteiger partial charge in [-0.3, -0.25) is 9.59 Å². The zero-order chi connectivity index (χ0) is 26.6. The lowest BCUT2D eigenvalue weighted by Gasteiger charge is -2.29. The van der Waals surface area contributed by atoms with E-state index in [-0.39, 0.29) is 31.2 Å². The molecule has 3 unspecified atom stereocenters. The number of hydrogen-bond acceptors (Lipinski definition) is 4. The first-order valence-corrected chi connectivity index (χ1v) is 13.1. The van der Waals surface area contributed by atoms with Crippen molar-refractivity contribution in [3.05, 3.63) is 71.0 Å². The minimum absolute atomic E-state index is 0.147. The van der Waals surface area contributed by atoms with E-state index in [0.717, 1.165) is 18.4 Å². The molecule has 38 heavy (non-hydrogen) atoms. The Kier molecular flexibility index (Phi) is 7.87. The van der Waals surface area contributed by atoms with Gasteiger partial charge in [0, 0.05) is 19.5 Å². The maximum absolute atomic E-state index is 14.9. The van der Waals surface area contributed by atoms with E-state index in [1.807, 2.05) is 36.4 Å². The molecule has 0 aromatic heterocycles. The fraction of sp³-hybridized carbons (Fsp3) is 0.464. The Morgan fingerprint density at radius 2 is 1.76 bits per heavy atom. The maximum Gasteiger partial charge on any atom is 0.317 e. The van der Waals surface area contributed by atoms with Crippen LogP contribution in [0.1, 0.15) is 47.9 Å². The highest BCUT2D eigenvalue weighted by Crippen LogP contribution is 2.42. The van der Waals surface area contributed by atoms with Crippen LogP contribution in [0.15, 0.2) is 48.5 Å². The summed E-state index contributed by atoms with van der Waals surface area (Å²) in [5.41, 5.74) is 1.99. The Balaban J connectivity index is 1.29. The van der Waals surface area contributed by atoms with Gasteiger partial charge in [-0.05, 0) is 41.5 Å². The Hall–Kier alpha value is -3.53. The number of benzene rings is 2. The van der Waals surface area contributed by atoms with Gasteiger partial charge in [0.2, 0.25) is 11.8 Å². The van der Waals surface area contributed by atoms with Gasteiger partial charge in [-0.25, -0.2) is 13.6 Å². The molecule has 202 valence electrons. The normalized spacial score (nSPS) is 22.2. The Morgan fingerprint density at radius 3 is 2.45 bits per heavy atom. The van der Waals surface area contributed by atoms with E-state index >= 15 is 0 Å². The van der Waals surface area contributed by atoms with Crippen LogP contribution in [-0.2, 0) is 14.3 Å². The van der Waals surface area contributed by atoms with Crippen molar-refractivity contribution >= 4 is 17.8 Å². The van der Waals surface area contributed by atoms with Crippen molar-refractivity contribution in [1.82, 2.24) is 20.4 Å². The first-order valence-electron chi connectivity index (χ1n) is 13.1. The lowest BCUT2D eigenvalue weighted by atomic mass is 9.96. The Morgan fingerprint density at radius 1 is 1.03 bits per heavy atom. The van der Waals surface area contributed by atoms with Gasteiger partial charge in [0.05, 0.1) is 32.3 Å². The molecular formula is C28H32F2N4O4. The van der Waals surface area contributed by atoms with Gasteiger partial charge >= 0.3 is 6.03 Å². The number of carbonyl (C=O) groups is 3. The summed E-state index contributed by atoms with van der Waals surface area (Å²) >= 11 is 0. The minimum atomic E-state index is -1.37. The molecule has 2 heterocycles. The second kappa shape index (κ2) is 11.5. The van der Waals surface area contributed by atoms with Crippen molar-refractivity contribution < 1.29 is 27.9 Å². The molecule has 0 spiro atoms. The average Bonchev–Trinajstić information content (AvgIpc) is 3.71. The summed E-state index contributed by atoms with van der Waals surface area (Å²) in [5, 5.41) is 5.50. The van der Waals surface area contributed by atoms with Crippen LogP contribution >= 0.6 is 0 Å². The summed E-state index contributed by atoms with van der Waals surface area (Å²) in [5.74, 6) is -1.13. The SMILES string of the molecule is O=C(NC(c1ccccc1)c1ccc(C2CC2)c(F)c1)C1CC(F)CN1C(=O)CNC(=O)N1CCOCC1. The van der Waals surface area contributed by atoms with E-state index in [1.165, 1.54) is 11.0 Å². The zero-order valence-corrected chi connectivity index (χ0v) is 21.1. The van der Waals surface area contributed by atoms with Gasteiger partial charge in [0.25, 0.3) is 0 Å². The Bertz CT molecular complexity index is 1170. The van der Waals surface area contributed by atoms with Crippen LogP contribution in [0.4, 0.5) is 13.6 Å². The lowest BCUT2D eigenvalue weighted by Crippen LogP contribution is -2.52. The van der Waals surface area contributed by atoms with Gasteiger partial charge in [0.1, 0.15) is 18.0 Å². The summed E-state index contributed by atoms with van der Waals surface area (Å²) in [6.07, 6.45) is 0.427. The first kappa shape index (κ1) is 26.1. The number of carbonyl (C=O) groups excluding carboxylic acids is 3. The molecule has 10 heteroatoms. The van der Waals surface area contributed by atoms with Gasteiger partial charge in [-0.15, -0.1) is 0 Å². The van der Waals surface area contributed by atoms with Crippen molar-refractivity contribution in [3.63, 3.8) is 0 Å². The van der Waals surface area contributed by atoms with E-state index in [2.05, 4.69) is 10.6 Å². The molecule has 8 nitrogen and oxygen atoms in total. The molecule has 3 atom stereocenters. The van der Waals surface area contributed by atoms with Crippen LogP contribution in [0.5, 0.6) is 0 Å². The first-order chi connectivity index (χ1) is 18.4. The average molecular weight is 527 g/mol. The van der Waals surface area contributed by atoms with Gasteiger partial charge in [-0.2, -0.15) is 0 Å². The smallest absolute Gasteiger partial charge is 0.317 e. The highest BCUT2D eigenvalue weighted by molar-refractivity contribution is 5.91. The number of alkyl halides is 1. The second-order valence-electron chi connectivity index (χ2n) is 10.1. The summed E-state index contributed by atoms with van der Waals surface area (Å²) in [7, 11) is 0. The molecule has 0 bridgehead atoms. The molecule has 3 aliphatic rings. The van der Waals surface area contributed by atoms with E-state index in [9.17, 15) is 23.2 Å². The van der Waals surface area contributed by atoms with Crippen LogP contribution in [-0.4, -0.2) is 79.3 Å². The molecule has 2 aromatic carbocycles. The topological polar surface area (TPSA) is 91.0 Å². The van der Waals surface area contributed by atoms with E-state index in [4.69, 9.17) is 4.74 Å². The number of hydrogen-bond donors (Lipinski definition) is 2. The van der Waals surface area contributed by atoms with Crippen LogP contribution < -0.4 is 10.6 Å². The molecule has 4 amide bonds. The van der Waals surface area contributed by atoms with Crippen molar-refractivity contribution in [2.75, 3.05) is 39.4 Å². The molecule has 2 aromatic rings. The standard InChI is InChI=1S/C28H32F2N4O4/c29-21-15-24(34(17-21)25(35)16-31-28(37)33-10-12-38-13-11-33)27(36)32-26(19-4-2-1-3-5-19)20-8-9-22(18-6-7-18)23(30)14-20/h1-5,8-9,14,18,21,24,26H,6-7,10-13,15-17H2,(H,31,37)(H,32,36). The van der Waals surface area contributed by atoms with Crippen molar-refractivity contribution in [3.8, 4) is 0 Å². The van der Waals surface area contributed by atoms with Crippen molar-refractivity contribution in [2.24, 2.45) is 0 Å². The number of nitrogens with one attached hydrogen (secondary N) is 2. The van der Waals surface area contributed by atoms with Crippen LogP contribution in [0.2, 0.25) is 0 Å². The molecule has 2 saturated heterocycles. The molecule has 1 aliphatic carbocycles. The number of likely N-dealkylation sites (tertiary alicyclic amines) is 1. The van der Waals surface area contributed by atoms with Crippen molar-refractivity contribution in [1.29, 1.82) is 0 Å². The fourth-order valence-electron chi connectivity index (χ4n) is 5.13. The lowest BCUT2D eigenvalue weighted by molar-refractivity contribution is -0.137. The minimum Gasteiger partial charge on any atom is -0.378 e. The predicted molar refractivity (Wildman–Crippen MR) is 136 cm³/mol. The van der Waals surface area contributed by atoms with Gasteiger partial charge in [-0.1, -0.05) is 42.5 Å². The number of morpholine rings is 1. The molecule has 2 N–H and O–H groups in total. The summed E-state index contributed by atoms with van der Waals surface area (Å²) < 4.78 is 34.6. The second-order valence-corrected chi connectivity index (χ2v) is 10.1. The van der Waals surface area contributed by atoms with Gasteiger partial charge in [0.15, 0.2) is 0 Å². The van der Waals surface area contributed by atoms with Crippen LogP contribution in [0, 0.1) is 5.82 Å². The summed E-state index contributed by atoms with van der Waals surface area (Å²) in [6, 6.07) is 12.0. The Labute approximate surface area is 220 Å². The number of ether oxygens (including phenoxy) is 1. The number of rotatable bonds is 7. The molecule has 5 rings (SSSR count). The highest BCUT2D eigenvalue weighted by atomic mass is 19.1. The summed E-state index contributed by atoms with van der Waals surface area (Å²) in [6.45, 7) is 1.12. The third kappa shape index (κ3) is 5.96. The number of halogens is 2. The van der Waals surface area contributed by atoms with Crippen molar-refractivity contribution in [2.45, 2.75) is 43.4 Å². The van der Waals surface area contributed by atoms with Crippen LogP contribution in [0.25, 0.3) is 0 Å². The molecule has 2 aliphatic heterocycles. The molecule has 3 fully saturated rings. The van der Waals surface area contributed by atoms with Gasteiger partial charge < -0.3 is 25.2 Å². The largest absolute Gasteiger partial charge is 0.378 e. The van der Waals surface area contributed by atoms with E-state index < -0.39 is 36.1 Å². The number of amides is 4. The zero-order valence-electron chi connectivity index (χ0n) is 21.1. The third-order valence-corrected chi connectivity index (χ3v) is 7.36. The van der Waals surface area contributed by atoms with E-state index in [1.54, 1.807) is 11.0 Å². The monoisotopic (exact) mass is 526 g/mol. The van der Waals surface area contributed by atoms with Crippen LogP contribution in [0.3, 0.4) is 0 Å². The quantitative estimate of drug-likeness (QED) is 0.581. The predicted octanol–water partition coefficient (Wildman–Crippen LogP) is 2.89. The molecule has 0 radical (unpaired) electrons. The highest BCUT2D eigenvalue weighted by Gasteiger charge is 2.40. The fourth-order valence-corrected chi connectivity index (χ4v) is 5.13. The van der Waals surface area contributed by atoms with E-state index in [0.29, 0.717) is 37.4 Å². The molecular weight excluding hydrogens is 494 g/mol.